The third-order valence-electron chi connectivity index (χ3n) is 3.91. The summed E-state index contributed by atoms with van der Waals surface area (Å²) in [6.45, 7) is 6.58. The molecule has 0 saturated carbocycles. The molecule has 0 unspecified atom stereocenters. The summed E-state index contributed by atoms with van der Waals surface area (Å²) in [7, 11) is 0. The first kappa shape index (κ1) is 17.8. The van der Waals surface area contributed by atoms with Crippen molar-refractivity contribution in [2.75, 3.05) is 52.5 Å². The average Bonchev–Trinajstić information content (AvgIpc) is 2.57. The van der Waals surface area contributed by atoms with Crippen molar-refractivity contribution in [3.05, 3.63) is 35.6 Å². The van der Waals surface area contributed by atoms with Gasteiger partial charge in [-0.1, -0.05) is 18.2 Å². The van der Waals surface area contributed by atoms with Gasteiger partial charge in [0.05, 0.1) is 13.2 Å². The zero-order valence-electron chi connectivity index (χ0n) is 13.5. The van der Waals surface area contributed by atoms with Crippen LogP contribution in [0.25, 0.3) is 0 Å². The Morgan fingerprint density at radius 3 is 2.74 bits per heavy atom. The van der Waals surface area contributed by atoms with Crippen LogP contribution in [0.2, 0.25) is 0 Å². The maximum atomic E-state index is 13.4. The molecule has 0 spiro atoms. The fourth-order valence-electron chi connectivity index (χ4n) is 2.51. The number of nitrogens with one attached hydrogen (secondary N) is 2. The normalized spacial score (nSPS) is 15.5. The highest BCUT2D eigenvalue weighted by Gasteiger charge is 2.09. The minimum Gasteiger partial charge on any atom is -0.379 e. The topological polar surface area (TPSA) is 53.6 Å². The van der Waals surface area contributed by atoms with E-state index in [4.69, 9.17) is 4.74 Å². The van der Waals surface area contributed by atoms with Crippen LogP contribution in [0, 0.1) is 5.82 Å². The SMILES string of the molecule is O=C(CCNCCN1CCOCC1)NCCc1ccccc1F. The van der Waals surface area contributed by atoms with E-state index in [0.717, 1.165) is 39.4 Å². The summed E-state index contributed by atoms with van der Waals surface area (Å²) in [5.74, 6) is -0.216. The first-order valence-electron chi connectivity index (χ1n) is 8.26. The molecule has 1 saturated heterocycles. The lowest BCUT2D eigenvalue weighted by Crippen LogP contribution is -2.40. The third-order valence-corrected chi connectivity index (χ3v) is 3.91. The van der Waals surface area contributed by atoms with E-state index in [-0.39, 0.29) is 11.7 Å². The molecular weight excluding hydrogens is 297 g/mol. The van der Waals surface area contributed by atoms with E-state index in [1.54, 1.807) is 18.2 Å². The highest BCUT2D eigenvalue weighted by molar-refractivity contribution is 5.76. The molecule has 1 heterocycles. The summed E-state index contributed by atoms with van der Waals surface area (Å²) in [6, 6.07) is 6.66. The molecule has 0 atom stereocenters. The van der Waals surface area contributed by atoms with Crippen molar-refractivity contribution in [2.45, 2.75) is 12.8 Å². The molecule has 2 N–H and O–H groups in total. The number of morpholine rings is 1. The van der Waals surface area contributed by atoms with Crippen LogP contribution in [-0.4, -0.2) is 63.3 Å². The number of amides is 1. The second-order valence-corrected chi connectivity index (χ2v) is 5.65. The Hall–Kier alpha value is -1.50. The van der Waals surface area contributed by atoms with Crippen LogP contribution in [0.4, 0.5) is 4.39 Å². The Labute approximate surface area is 137 Å². The molecule has 1 aromatic carbocycles. The third kappa shape index (κ3) is 7.07. The number of hydrogen-bond donors (Lipinski definition) is 2. The van der Waals surface area contributed by atoms with Gasteiger partial charge in [-0.05, 0) is 18.1 Å². The van der Waals surface area contributed by atoms with Crippen molar-refractivity contribution in [1.82, 2.24) is 15.5 Å². The van der Waals surface area contributed by atoms with Gasteiger partial charge < -0.3 is 15.4 Å². The summed E-state index contributed by atoms with van der Waals surface area (Å²) < 4.78 is 18.7. The zero-order valence-corrected chi connectivity index (χ0v) is 13.5. The van der Waals surface area contributed by atoms with Gasteiger partial charge in [0.1, 0.15) is 5.82 Å². The van der Waals surface area contributed by atoms with Gasteiger partial charge >= 0.3 is 0 Å². The molecule has 5 nitrogen and oxygen atoms in total. The second-order valence-electron chi connectivity index (χ2n) is 5.65. The Kier molecular flexibility index (Phi) is 8.00. The Balaban J connectivity index is 1.47. The lowest BCUT2D eigenvalue weighted by molar-refractivity contribution is -0.120. The molecule has 1 amide bonds. The van der Waals surface area contributed by atoms with Crippen LogP contribution in [0.3, 0.4) is 0 Å². The quantitative estimate of drug-likeness (QED) is 0.660. The molecule has 1 aliphatic rings. The maximum absolute atomic E-state index is 13.4. The van der Waals surface area contributed by atoms with Crippen molar-refractivity contribution in [3.8, 4) is 0 Å². The number of halogens is 1. The van der Waals surface area contributed by atoms with Crippen molar-refractivity contribution in [3.63, 3.8) is 0 Å². The van der Waals surface area contributed by atoms with Crippen LogP contribution in [0.5, 0.6) is 0 Å². The van der Waals surface area contributed by atoms with Crippen molar-refractivity contribution < 1.29 is 13.9 Å². The largest absolute Gasteiger partial charge is 0.379 e. The van der Waals surface area contributed by atoms with Gasteiger partial charge in [-0.25, -0.2) is 4.39 Å². The van der Waals surface area contributed by atoms with Crippen LogP contribution in [0.1, 0.15) is 12.0 Å². The molecule has 128 valence electrons. The predicted molar refractivity (Wildman–Crippen MR) is 87.9 cm³/mol. The van der Waals surface area contributed by atoms with Gasteiger partial charge in [-0.2, -0.15) is 0 Å². The predicted octanol–water partition coefficient (Wildman–Crippen LogP) is 0.796. The van der Waals surface area contributed by atoms with Gasteiger partial charge in [0.15, 0.2) is 0 Å². The van der Waals surface area contributed by atoms with E-state index in [0.29, 0.717) is 31.5 Å². The van der Waals surface area contributed by atoms with Gasteiger partial charge in [0.2, 0.25) is 5.91 Å². The lowest BCUT2D eigenvalue weighted by atomic mass is 10.1. The summed E-state index contributed by atoms with van der Waals surface area (Å²) >= 11 is 0. The molecule has 0 aromatic heterocycles. The molecular formula is C17H26FN3O2. The Morgan fingerprint density at radius 1 is 1.17 bits per heavy atom. The highest BCUT2D eigenvalue weighted by atomic mass is 19.1. The van der Waals surface area contributed by atoms with E-state index in [1.807, 2.05) is 0 Å². The van der Waals surface area contributed by atoms with E-state index in [2.05, 4.69) is 15.5 Å². The number of rotatable bonds is 9. The van der Waals surface area contributed by atoms with Crippen molar-refractivity contribution in [2.24, 2.45) is 0 Å². The first-order valence-corrected chi connectivity index (χ1v) is 8.26. The molecule has 2 rings (SSSR count). The molecule has 0 aliphatic carbocycles. The van der Waals surface area contributed by atoms with E-state index < -0.39 is 0 Å². The highest BCUT2D eigenvalue weighted by Crippen LogP contribution is 2.06. The number of carbonyl (C=O) groups excluding carboxylic acids is 1. The van der Waals surface area contributed by atoms with Crippen molar-refractivity contribution >= 4 is 5.91 Å². The Bertz CT molecular complexity index is 479. The average molecular weight is 323 g/mol. The van der Waals surface area contributed by atoms with Gasteiger partial charge in [0.25, 0.3) is 0 Å². The summed E-state index contributed by atoms with van der Waals surface area (Å²) in [5, 5.41) is 6.10. The van der Waals surface area contributed by atoms with E-state index >= 15 is 0 Å². The molecule has 0 radical (unpaired) electrons. The minimum absolute atomic E-state index is 0.000196. The van der Waals surface area contributed by atoms with E-state index in [9.17, 15) is 9.18 Å². The minimum atomic E-state index is -0.216. The lowest BCUT2D eigenvalue weighted by Gasteiger charge is -2.26. The zero-order chi connectivity index (χ0) is 16.3. The van der Waals surface area contributed by atoms with Crippen molar-refractivity contribution in [1.29, 1.82) is 0 Å². The Morgan fingerprint density at radius 2 is 1.96 bits per heavy atom. The molecule has 23 heavy (non-hydrogen) atoms. The number of ether oxygens (including phenoxy) is 1. The number of benzene rings is 1. The second kappa shape index (κ2) is 10.3. The summed E-state index contributed by atoms with van der Waals surface area (Å²) in [6.07, 6.45) is 0.962. The molecule has 1 fully saturated rings. The monoisotopic (exact) mass is 323 g/mol. The molecule has 1 aliphatic heterocycles. The fraction of sp³-hybridized carbons (Fsp3) is 0.588. The molecule has 1 aromatic rings. The number of nitrogens with zero attached hydrogens (tertiary/aromatic N) is 1. The smallest absolute Gasteiger partial charge is 0.221 e. The van der Waals surface area contributed by atoms with Gasteiger partial charge in [-0.3, -0.25) is 9.69 Å². The number of hydrogen-bond acceptors (Lipinski definition) is 4. The fourth-order valence-corrected chi connectivity index (χ4v) is 2.51. The van der Waals surface area contributed by atoms with Crippen LogP contribution in [0.15, 0.2) is 24.3 Å². The first-order chi connectivity index (χ1) is 11.3. The van der Waals surface area contributed by atoms with E-state index in [1.165, 1.54) is 6.07 Å². The standard InChI is InChI=1S/C17H26FN3O2/c18-16-4-2-1-3-15(16)5-8-20-17(22)6-7-19-9-10-21-11-13-23-14-12-21/h1-4,19H,5-14H2,(H,20,22). The summed E-state index contributed by atoms with van der Waals surface area (Å²) in [4.78, 5) is 14.1. The van der Waals surface area contributed by atoms with Gasteiger partial charge in [0, 0.05) is 45.7 Å². The van der Waals surface area contributed by atoms with Gasteiger partial charge in [-0.15, -0.1) is 0 Å². The molecule has 6 heteroatoms. The van der Waals surface area contributed by atoms with Crippen LogP contribution in [-0.2, 0) is 16.0 Å². The summed E-state index contributed by atoms with van der Waals surface area (Å²) in [5.41, 5.74) is 0.636. The van der Waals surface area contributed by atoms with Crippen LogP contribution >= 0.6 is 0 Å². The molecule has 0 bridgehead atoms. The number of carbonyl (C=O) groups is 1. The maximum Gasteiger partial charge on any atom is 0.221 e. The van der Waals surface area contributed by atoms with Crippen LogP contribution < -0.4 is 10.6 Å².